The molecule has 4 nitrogen and oxygen atoms in total. The molecule has 4 heteroatoms. The van der Waals surface area contributed by atoms with E-state index in [4.69, 9.17) is 9.47 Å². The molecule has 0 bridgehead atoms. The monoisotopic (exact) mass is 369 g/mol. The first-order valence-corrected chi connectivity index (χ1v) is 8.78. The zero-order valence-corrected chi connectivity index (χ0v) is 15.4. The van der Waals surface area contributed by atoms with E-state index in [1.165, 1.54) is 6.08 Å². The third-order valence-electron chi connectivity index (χ3n) is 4.20. The van der Waals surface area contributed by atoms with E-state index in [2.05, 4.69) is 0 Å². The average Bonchev–Trinajstić information content (AvgIpc) is 2.77. The summed E-state index contributed by atoms with van der Waals surface area (Å²) in [6, 6.07) is 27.9. The van der Waals surface area contributed by atoms with Gasteiger partial charge in [0.1, 0.15) is 17.4 Å². The van der Waals surface area contributed by atoms with Gasteiger partial charge in [-0.1, -0.05) is 72.8 Å². The van der Waals surface area contributed by atoms with Crippen molar-refractivity contribution in [2.24, 2.45) is 0 Å². The topological polar surface area (TPSA) is 59.3 Å². The van der Waals surface area contributed by atoms with Gasteiger partial charge >= 0.3 is 5.97 Å². The van der Waals surface area contributed by atoms with E-state index in [0.29, 0.717) is 11.3 Å². The van der Waals surface area contributed by atoms with Crippen LogP contribution in [0.2, 0.25) is 0 Å². The number of nitrogens with zero attached hydrogens (tertiary/aromatic N) is 1. The second kappa shape index (κ2) is 9.20. The molecular formula is C24H19NO3. The SMILES string of the molecule is COc1ccc(/C=C(\C#N)C(=O)OC(c2ccccc2)c2ccccc2)cc1. The van der Waals surface area contributed by atoms with Gasteiger partial charge in [0.25, 0.3) is 0 Å². The molecule has 138 valence electrons. The maximum atomic E-state index is 12.7. The molecule has 0 saturated carbocycles. The molecule has 3 rings (SSSR count). The van der Waals surface area contributed by atoms with Crippen molar-refractivity contribution in [1.29, 1.82) is 5.26 Å². The lowest BCUT2D eigenvalue weighted by molar-refractivity contribution is -0.142. The van der Waals surface area contributed by atoms with E-state index < -0.39 is 12.1 Å². The molecule has 0 heterocycles. The Morgan fingerprint density at radius 1 is 0.893 bits per heavy atom. The zero-order valence-electron chi connectivity index (χ0n) is 15.4. The molecule has 0 saturated heterocycles. The molecule has 0 N–H and O–H groups in total. The summed E-state index contributed by atoms with van der Waals surface area (Å²) in [5.74, 6) is 0.0301. The lowest BCUT2D eigenvalue weighted by Crippen LogP contribution is -2.14. The highest BCUT2D eigenvalue weighted by molar-refractivity contribution is 5.98. The van der Waals surface area contributed by atoms with E-state index in [1.54, 1.807) is 31.4 Å². The molecular weight excluding hydrogens is 350 g/mol. The molecule has 0 fully saturated rings. The number of hydrogen-bond donors (Lipinski definition) is 0. The third-order valence-corrected chi connectivity index (χ3v) is 4.20. The van der Waals surface area contributed by atoms with Crippen LogP contribution >= 0.6 is 0 Å². The van der Waals surface area contributed by atoms with Crippen molar-refractivity contribution in [2.75, 3.05) is 7.11 Å². The quantitative estimate of drug-likeness (QED) is 0.351. The molecule has 0 aromatic heterocycles. The summed E-state index contributed by atoms with van der Waals surface area (Å²) in [6.07, 6.45) is 0.914. The van der Waals surface area contributed by atoms with Crippen LogP contribution in [-0.4, -0.2) is 13.1 Å². The summed E-state index contributed by atoms with van der Waals surface area (Å²) in [4.78, 5) is 12.7. The van der Waals surface area contributed by atoms with Crippen LogP contribution in [0.25, 0.3) is 6.08 Å². The minimum atomic E-state index is -0.670. The number of ether oxygens (including phenoxy) is 2. The summed E-state index contributed by atoms with van der Waals surface area (Å²) >= 11 is 0. The summed E-state index contributed by atoms with van der Waals surface area (Å²) in [6.45, 7) is 0. The van der Waals surface area contributed by atoms with Crippen LogP contribution < -0.4 is 4.74 Å². The normalized spacial score (nSPS) is 11.0. The summed E-state index contributed by atoms with van der Waals surface area (Å²) < 4.78 is 10.9. The number of benzene rings is 3. The maximum Gasteiger partial charge on any atom is 0.349 e. The Labute approximate surface area is 164 Å². The Morgan fingerprint density at radius 2 is 1.43 bits per heavy atom. The fourth-order valence-corrected chi connectivity index (χ4v) is 2.76. The lowest BCUT2D eigenvalue weighted by atomic mass is 10.0. The summed E-state index contributed by atoms with van der Waals surface area (Å²) in [5.41, 5.74) is 2.32. The average molecular weight is 369 g/mol. The fraction of sp³-hybridized carbons (Fsp3) is 0.0833. The standard InChI is InChI=1S/C24H19NO3/c1-27-22-14-12-18(13-15-22)16-21(17-25)24(26)28-23(19-8-4-2-5-9-19)20-10-6-3-7-11-20/h2-16,23H,1H3/b21-16+. The molecule has 0 spiro atoms. The Kier molecular flexibility index (Phi) is 6.22. The number of carbonyl (C=O) groups is 1. The summed E-state index contributed by atoms with van der Waals surface area (Å²) in [5, 5.41) is 9.47. The number of hydrogen-bond acceptors (Lipinski definition) is 4. The van der Waals surface area contributed by atoms with Crippen LogP contribution in [0.3, 0.4) is 0 Å². The van der Waals surface area contributed by atoms with Crippen LogP contribution in [0.15, 0.2) is 90.5 Å². The zero-order chi connectivity index (χ0) is 19.8. The van der Waals surface area contributed by atoms with Crippen LogP contribution in [0.1, 0.15) is 22.8 Å². The molecule has 3 aromatic carbocycles. The Bertz CT molecular complexity index is 948. The number of esters is 1. The molecule has 0 radical (unpaired) electrons. The van der Waals surface area contributed by atoms with Crippen LogP contribution in [0, 0.1) is 11.3 Å². The second-order valence-electron chi connectivity index (χ2n) is 6.05. The van der Waals surface area contributed by atoms with E-state index in [9.17, 15) is 10.1 Å². The second-order valence-corrected chi connectivity index (χ2v) is 6.05. The number of carbonyl (C=O) groups excluding carboxylic acids is 1. The Balaban J connectivity index is 1.87. The van der Waals surface area contributed by atoms with Gasteiger partial charge in [-0.05, 0) is 34.9 Å². The molecule has 3 aromatic rings. The van der Waals surface area contributed by atoms with Gasteiger partial charge in [-0.25, -0.2) is 4.79 Å². The predicted molar refractivity (Wildman–Crippen MR) is 107 cm³/mol. The Morgan fingerprint density at radius 3 is 1.89 bits per heavy atom. The smallest absolute Gasteiger partial charge is 0.349 e. The minimum Gasteiger partial charge on any atom is -0.497 e. The van der Waals surface area contributed by atoms with Crippen LogP contribution in [-0.2, 0) is 9.53 Å². The lowest BCUT2D eigenvalue weighted by Gasteiger charge is -2.18. The van der Waals surface area contributed by atoms with Crippen molar-refractivity contribution >= 4 is 12.0 Å². The number of methoxy groups -OCH3 is 1. The van der Waals surface area contributed by atoms with Gasteiger partial charge in [-0.15, -0.1) is 0 Å². The van der Waals surface area contributed by atoms with Crippen molar-refractivity contribution in [3.05, 3.63) is 107 Å². The summed E-state index contributed by atoms with van der Waals surface area (Å²) in [7, 11) is 1.58. The fourth-order valence-electron chi connectivity index (χ4n) is 2.76. The van der Waals surface area contributed by atoms with Crippen molar-refractivity contribution in [2.45, 2.75) is 6.10 Å². The van der Waals surface area contributed by atoms with E-state index in [-0.39, 0.29) is 5.57 Å². The highest BCUT2D eigenvalue weighted by atomic mass is 16.5. The first-order valence-electron chi connectivity index (χ1n) is 8.78. The number of nitriles is 1. The van der Waals surface area contributed by atoms with Gasteiger partial charge in [-0.2, -0.15) is 5.26 Å². The highest BCUT2D eigenvalue weighted by Gasteiger charge is 2.21. The molecule has 28 heavy (non-hydrogen) atoms. The first kappa shape index (κ1) is 18.9. The third kappa shape index (κ3) is 4.66. The van der Waals surface area contributed by atoms with Gasteiger partial charge in [0, 0.05) is 0 Å². The van der Waals surface area contributed by atoms with Crippen molar-refractivity contribution in [3.63, 3.8) is 0 Å². The minimum absolute atomic E-state index is 0.0676. The molecule has 0 aliphatic carbocycles. The predicted octanol–water partition coefficient (Wildman–Crippen LogP) is 4.93. The van der Waals surface area contributed by atoms with Gasteiger partial charge in [-0.3, -0.25) is 0 Å². The molecule has 0 amide bonds. The van der Waals surface area contributed by atoms with E-state index in [1.807, 2.05) is 66.7 Å². The van der Waals surface area contributed by atoms with Gasteiger partial charge < -0.3 is 9.47 Å². The Hall–Kier alpha value is -3.84. The molecule has 0 unspecified atom stereocenters. The first-order chi connectivity index (χ1) is 13.7. The maximum absolute atomic E-state index is 12.7. The van der Waals surface area contributed by atoms with Crippen LogP contribution in [0.5, 0.6) is 5.75 Å². The van der Waals surface area contributed by atoms with Crippen LogP contribution in [0.4, 0.5) is 0 Å². The van der Waals surface area contributed by atoms with Crippen molar-refractivity contribution in [3.8, 4) is 11.8 Å². The van der Waals surface area contributed by atoms with E-state index in [0.717, 1.165) is 11.1 Å². The van der Waals surface area contributed by atoms with Crippen molar-refractivity contribution < 1.29 is 14.3 Å². The molecule has 0 aliphatic rings. The largest absolute Gasteiger partial charge is 0.497 e. The van der Waals surface area contributed by atoms with Gasteiger partial charge in [0.05, 0.1) is 7.11 Å². The molecule has 0 atom stereocenters. The molecule has 0 aliphatic heterocycles. The van der Waals surface area contributed by atoms with Gasteiger partial charge in [0.2, 0.25) is 0 Å². The number of rotatable bonds is 6. The van der Waals surface area contributed by atoms with E-state index >= 15 is 0 Å². The highest BCUT2D eigenvalue weighted by Crippen LogP contribution is 2.27. The van der Waals surface area contributed by atoms with Gasteiger partial charge in [0.15, 0.2) is 6.10 Å². The van der Waals surface area contributed by atoms with Crippen molar-refractivity contribution in [1.82, 2.24) is 0 Å².